The van der Waals surface area contributed by atoms with Gasteiger partial charge in [0.25, 0.3) is 0 Å². The molecule has 2 aliphatic rings. The molecule has 4 aromatic carbocycles. The van der Waals surface area contributed by atoms with E-state index >= 15 is 0 Å². The van der Waals surface area contributed by atoms with Crippen LogP contribution in [-0.2, 0) is 9.53 Å². The number of hydrogen-bond donors (Lipinski definition) is 1. The smallest absolute Gasteiger partial charge is 0.407 e. The number of aldehydes is 1. The van der Waals surface area contributed by atoms with Crippen molar-refractivity contribution in [1.82, 2.24) is 5.32 Å². The fraction of sp³-hybridized carbons (Fsp3) is 0.161. The van der Waals surface area contributed by atoms with E-state index in [1.54, 1.807) is 0 Å². The first-order valence-electron chi connectivity index (χ1n) is 12.0. The van der Waals surface area contributed by atoms with Crippen LogP contribution in [0.5, 0.6) is 0 Å². The van der Waals surface area contributed by atoms with Gasteiger partial charge >= 0.3 is 6.09 Å². The lowest BCUT2D eigenvalue weighted by atomic mass is 9.90. The summed E-state index contributed by atoms with van der Waals surface area (Å²) in [5.74, 6) is 0.0305. The third kappa shape index (κ3) is 3.71. The van der Waals surface area contributed by atoms with Crippen LogP contribution in [0.3, 0.4) is 0 Å². The summed E-state index contributed by atoms with van der Waals surface area (Å²) in [5, 5.41) is 2.80. The van der Waals surface area contributed by atoms with Crippen LogP contribution >= 0.6 is 0 Å². The molecule has 35 heavy (non-hydrogen) atoms. The van der Waals surface area contributed by atoms with Crippen LogP contribution in [0.25, 0.3) is 22.3 Å². The van der Waals surface area contributed by atoms with Crippen LogP contribution in [0, 0.1) is 0 Å². The van der Waals surface area contributed by atoms with Crippen LogP contribution in [0.4, 0.5) is 4.79 Å². The maximum absolute atomic E-state index is 12.8. The third-order valence-corrected chi connectivity index (χ3v) is 7.26. The minimum absolute atomic E-state index is 0.0172. The zero-order valence-corrected chi connectivity index (χ0v) is 19.2. The average molecular weight is 460 g/mol. The van der Waals surface area contributed by atoms with E-state index in [0.29, 0.717) is 6.42 Å². The minimum atomic E-state index is -0.644. The minimum Gasteiger partial charge on any atom is -0.449 e. The number of nitrogens with one attached hydrogen (secondary N) is 1. The van der Waals surface area contributed by atoms with Crippen molar-refractivity contribution in [2.45, 2.75) is 24.3 Å². The molecule has 0 saturated heterocycles. The Morgan fingerprint density at radius 1 is 0.686 bits per heavy atom. The molecule has 0 radical (unpaired) electrons. The zero-order valence-electron chi connectivity index (χ0n) is 19.2. The molecule has 0 saturated carbocycles. The Labute approximate surface area is 204 Å². The van der Waals surface area contributed by atoms with Crippen molar-refractivity contribution in [1.29, 1.82) is 0 Å². The molecule has 0 bridgehead atoms. The molecule has 0 spiro atoms. The molecule has 4 nitrogen and oxygen atoms in total. The maximum Gasteiger partial charge on any atom is 0.407 e. The number of carbonyl (C=O) groups is 2. The second-order valence-electron chi connectivity index (χ2n) is 9.18. The van der Waals surface area contributed by atoms with Crippen molar-refractivity contribution in [2.24, 2.45) is 0 Å². The lowest BCUT2D eigenvalue weighted by molar-refractivity contribution is -0.109. The summed E-state index contributed by atoms with van der Waals surface area (Å²) in [7, 11) is 0. The predicted octanol–water partition coefficient (Wildman–Crippen LogP) is 6.30. The molecule has 0 aliphatic heterocycles. The standard InChI is InChI=1S/C31H25NO3/c33-18-20(17-29-25-13-5-1-9-21(25)22-10-2-6-14-26(22)29)32-31(34)35-19-30-27-15-7-3-11-23(27)24-12-4-8-16-28(24)30/h1-16,18,20,29-30H,17,19H2,(H,32,34). The Hall–Kier alpha value is -4.18. The highest BCUT2D eigenvalue weighted by Crippen LogP contribution is 2.47. The SMILES string of the molecule is O=CC(CC1c2ccccc2-c2ccccc21)NC(=O)OCC1c2ccccc2-c2ccccc21. The van der Waals surface area contributed by atoms with E-state index in [1.165, 1.54) is 33.4 Å². The first-order valence-corrected chi connectivity index (χ1v) is 12.0. The maximum atomic E-state index is 12.8. The van der Waals surface area contributed by atoms with E-state index in [-0.39, 0.29) is 18.4 Å². The number of rotatable bonds is 6. The Bertz CT molecular complexity index is 1340. The molecule has 172 valence electrons. The van der Waals surface area contributed by atoms with Gasteiger partial charge in [-0.05, 0) is 50.9 Å². The molecule has 1 amide bonds. The van der Waals surface area contributed by atoms with E-state index in [4.69, 9.17) is 4.74 Å². The monoisotopic (exact) mass is 459 g/mol. The van der Waals surface area contributed by atoms with Gasteiger partial charge in [-0.25, -0.2) is 4.79 Å². The average Bonchev–Trinajstić information content (AvgIpc) is 3.40. The normalized spacial score (nSPS) is 14.4. The summed E-state index contributed by atoms with van der Waals surface area (Å²) in [6.07, 6.45) is 0.732. The van der Waals surface area contributed by atoms with Crippen molar-refractivity contribution in [3.63, 3.8) is 0 Å². The van der Waals surface area contributed by atoms with E-state index in [1.807, 2.05) is 48.5 Å². The molecule has 4 heteroatoms. The van der Waals surface area contributed by atoms with Gasteiger partial charge in [-0.3, -0.25) is 0 Å². The summed E-state index contributed by atoms with van der Waals surface area (Å²) >= 11 is 0. The second-order valence-corrected chi connectivity index (χ2v) is 9.18. The first-order chi connectivity index (χ1) is 17.2. The lowest BCUT2D eigenvalue weighted by Crippen LogP contribution is -2.38. The quantitative estimate of drug-likeness (QED) is 0.345. The summed E-state index contributed by atoms with van der Waals surface area (Å²) in [6.45, 7) is 0.223. The van der Waals surface area contributed by atoms with Crippen LogP contribution in [-0.4, -0.2) is 25.0 Å². The molecule has 6 rings (SSSR count). The molecular weight excluding hydrogens is 434 g/mol. The molecule has 0 aromatic heterocycles. The topological polar surface area (TPSA) is 55.4 Å². The van der Waals surface area contributed by atoms with Crippen LogP contribution in [0.1, 0.15) is 40.5 Å². The van der Waals surface area contributed by atoms with Gasteiger partial charge in [-0.2, -0.15) is 0 Å². The number of amides is 1. The van der Waals surface area contributed by atoms with E-state index < -0.39 is 12.1 Å². The van der Waals surface area contributed by atoms with Gasteiger partial charge in [-0.1, -0.05) is 97.1 Å². The summed E-state index contributed by atoms with van der Waals surface area (Å²) in [6, 6.07) is 32.4. The van der Waals surface area contributed by atoms with Gasteiger partial charge in [0.1, 0.15) is 12.9 Å². The number of alkyl carbamates (subject to hydrolysis) is 1. The number of carbonyl (C=O) groups excluding carboxylic acids is 2. The molecular formula is C31H25NO3. The Morgan fingerprint density at radius 3 is 1.51 bits per heavy atom. The van der Waals surface area contributed by atoms with Gasteiger partial charge in [-0.15, -0.1) is 0 Å². The van der Waals surface area contributed by atoms with Crippen LogP contribution in [0.2, 0.25) is 0 Å². The largest absolute Gasteiger partial charge is 0.449 e. The Morgan fingerprint density at radius 2 is 1.09 bits per heavy atom. The number of benzene rings is 4. The number of hydrogen-bond acceptors (Lipinski definition) is 3. The number of ether oxygens (including phenoxy) is 1. The van der Waals surface area contributed by atoms with Gasteiger partial charge in [0.05, 0.1) is 6.04 Å². The molecule has 1 atom stereocenters. The molecule has 0 fully saturated rings. The van der Waals surface area contributed by atoms with Crippen LogP contribution < -0.4 is 5.32 Å². The Balaban J connectivity index is 1.16. The van der Waals surface area contributed by atoms with Crippen molar-refractivity contribution < 1.29 is 14.3 Å². The molecule has 0 heterocycles. The summed E-state index contributed by atoms with van der Waals surface area (Å²) < 4.78 is 5.67. The van der Waals surface area contributed by atoms with Gasteiger partial charge < -0.3 is 14.8 Å². The highest BCUT2D eigenvalue weighted by atomic mass is 16.5. The number of fused-ring (bicyclic) bond motifs is 6. The van der Waals surface area contributed by atoms with E-state index in [0.717, 1.165) is 17.4 Å². The Kier molecular flexibility index (Phi) is 5.42. The summed E-state index contributed by atoms with van der Waals surface area (Å²) in [4.78, 5) is 24.7. The van der Waals surface area contributed by atoms with Crippen molar-refractivity contribution >= 4 is 12.4 Å². The van der Waals surface area contributed by atoms with E-state index in [2.05, 4.69) is 53.8 Å². The second kappa shape index (κ2) is 8.88. The fourth-order valence-corrected chi connectivity index (χ4v) is 5.71. The zero-order chi connectivity index (χ0) is 23.8. The van der Waals surface area contributed by atoms with E-state index in [9.17, 15) is 9.59 Å². The van der Waals surface area contributed by atoms with Crippen molar-refractivity contribution in [3.8, 4) is 22.3 Å². The highest BCUT2D eigenvalue weighted by Gasteiger charge is 2.32. The van der Waals surface area contributed by atoms with Crippen molar-refractivity contribution in [2.75, 3.05) is 6.61 Å². The predicted molar refractivity (Wildman–Crippen MR) is 136 cm³/mol. The fourth-order valence-electron chi connectivity index (χ4n) is 5.71. The van der Waals surface area contributed by atoms with Gasteiger partial charge in [0, 0.05) is 11.8 Å². The highest BCUT2D eigenvalue weighted by molar-refractivity contribution is 5.81. The molecule has 1 unspecified atom stereocenters. The van der Waals surface area contributed by atoms with Crippen LogP contribution in [0.15, 0.2) is 97.1 Å². The van der Waals surface area contributed by atoms with Crippen molar-refractivity contribution in [3.05, 3.63) is 119 Å². The van der Waals surface area contributed by atoms with Gasteiger partial charge in [0.2, 0.25) is 0 Å². The molecule has 2 aliphatic carbocycles. The van der Waals surface area contributed by atoms with Gasteiger partial charge in [0.15, 0.2) is 0 Å². The summed E-state index contributed by atoms with van der Waals surface area (Å²) in [5.41, 5.74) is 9.45. The molecule has 1 N–H and O–H groups in total. The third-order valence-electron chi connectivity index (χ3n) is 7.26. The first kappa shape index (κ1) is 21.4. The lowest BCUT2D eigenvalue weighted by Gasteiger charge is -2.20. The molecule has 4 aromatic rings.